The molecule has 0 saturated heterocycles. The van der Waals surface area contributed by atoms with Crippen LogP contribution in [0.15, 0.2) is 115 Å². The van der Waals surface area contributed by atoms with Gasteiger partial charge in [-0.1, -0.05) is 113 Å². The number of hydrogen-bond donors (Lipinski definition) is 3. The van der Waals surface area contributed by atoms with Crippen LogP contribution < -0.4 is 17.2 Å². The van der Waals surface area contributed by atoms with Crippen LogP contribution in [-0.4, -0.2) is 0 Å². The minimum Gasteiger partial charge on any atom is -0.399 e. The highest BCUT2D eigenvalue weighted by molar-refractivity contribution is 5.60. The third-order valence-electron chi connectivity index (χ3n) is 8.17. The second-order valence-electron chi connectivity index (χ2n) is 11.7. The molecule has 5 aromatic carbocycles. The summed E-state index contributed by atoms with van der Waals surface area (Å²) in [5, 5.41) is 0. The van der Waals surface area contributed by atoms with E-state index in [9.17, 15) is 0 Å². The van der Waals surface area contributed by atoms with Gasteiger partial charge in [-0.05, 0) is 86.7 Å². The second-order valence-corrected chi connectivity index (χ2v) is 11.7. The lowest BCUT2D eigenvalue weighted by Gasteiger charge is -2.25. The van der Waals surface area contributed by atoms with Crippen LogP contribution in [0.4, 0.5) is 17.1 Å². The van der Waals surface area contributed by atoms with E-state index in [0.29, 0.717) is 11.8 Å². The number of benzene rings is 5. The molecular weight excluding hydrogens is 498 g/mol. The van der Waals surface area contributed by atoms with Gasteiger partial charge in [0.05, 0.1) is 0 Å². The molecule has 0 radical (unpaired) electrons. The third kappa shape index (κ3) is 6.15. The number of hydrogen-bond acceptors (Lipinski definition) is 3. The number of nitrogen functional groups attached to an aromatic ring is 3. The summed E-state index contributed by atoms with van der Waals surface area (Å²) < 4.78 is 0. The van der Waals surface area contributed by atoms with Crippen molar-refractivity contribution in [2.75, 3.05) is 17.2 Å². The van der Waals surface area contributed by atoms with Crippen molar-refractivity contribution in [3.63, 3.8) is 0 Å². The number of rotatable bonds is 8. The van der Waals surface area contributed by atoms with Gasteiger partial charge in [-0.25, -0.2) is 0 Å². The minimum absolute atomic E-state index is 0.0338. The Morgan fingerprint density at radius 3 is 1.07 bits per heavy atom. The minimum atomic E-state index is -0.0350. The number of nitrogens with two attached hydrogens (primary N) is 3. The van der Waals surface area contributed by atoms with E-state index in [2.05, 4.69) is 119 Å². The summed E-state index contributed by atoms with van der Waals surface area (Å²) in [4.78, 5) is 0. The van der Waals surface area contributed by atoms with E-state index < -0.39 is 0 Å². The molecule has 5 aromatic rings. The quantitative estimate of drug-likeness (QED) is 0.136. The maximum Gasteiger partial charge on any atom is 0.0360 e. The lowest BCUT2D eigenvalue weighted by atomic mass is 9.79. The van der Waals surface area contributed by atoms with Crippen molar-refractivity contribution in [3.05, 3.63) is 160 Å². The smallest absolute Gasteiger partial charge is 0.0360 e. The average molecular weight is 540 g/mol. The second kappa shape index (κ2) is 11.9. The van der Waals surface area contributed by atoms with E-state index in [-0.39, 0.29) is 11.8 Å². The Labute approximate surface area is 245 Å². The Morgan fingerprint density at radius 1 is 0.366 bits per heavy atom. The van der Waals surface area contributed by atoms with Crippen molar-refractivity contribution in [1.29, 1.82) is 0 Å². The third-order valence-corrected chi connectivity index (χ3v) is 8.17. The molecule has 0 aliphatic carbocycles. The highest BCUT2D eigenvalue weighted by Gasteiger charge is 2.23. The summed E-state index contributed by atoms with van der Waals surface area (Å²) in [6.07, 6.45) is 0. The largest absolute Gasteiger partial charge is 0.399 e. The normalized spacial score (nSPS) is 12.9. The van der Waals surface area contributed by atoms with Crippen LogP contribution in [0.2, 0.25) is 0 Å². The summed E-state index contributed by atoms with van der Waals surface area (Å²) in [5.74, 6) is 0.943. The zero-order valence-electron chi connectivity index (χ0n) is 24.5. The Kier molecular flexibility index (Phi) is 8.16. The van der Waals surface area contributed by atoms with Gasteiger partial charge in [0.2, 0.25) is 0 Å². The molecule has 208 valence electrons. The molecule has 0 amide bonds. The molecule has 0 heterocycles. The van der Waals surface area contributed by atoms with Crippen molar-refractivity contribution in [1.82, 2.24) is 0 Å². The highest BCUT2D eigenvalue weighted by atomic mass is 14.6. The van der Waals surface area contributed by atoms with Gasteiger partial charge in [0.25, 0.3) is 0 Å². The van der Waals surface area contributed by atoms with Gasteiger partial charge in [-0.2, -0.15) is 0 Å². The first-order valence-electron chi connectivity index (χ1n) is 14.5. The molecule has 0 aliphatic heterocycles. The molecule has 0 bridgehead atoms. The fourth-order valence-corrected chi connectivity index (χ4v) is 5.68. The molecule has 0 spiro atoms. The summed E-state index contributed by atoms with van der Waals surface area (Å²) >= 11 is 0. The summed E-state index contributed by atoms with van der Waals surface area (Å²) in [6, 6.07) is 40.9. The molecule has 6 N–H and O–H groups in total. The molecule has 0 aliphatic rings. The van der Waals surface area contributed by atoms with Crippen LogP contribution in [-0.2, 0) is 0 Å². The SMILES string of the molecule is CC(C)c1ccc(C(c2ccc(N)cc2)c2ccc(N)c(C(c3ccc(N)cc3)c3ccc(C(C)C)cc3)c2)cc1. The van der Waals surface area contributed by atoms with Crippen LogP contribution in [0.5, 0.6) is 0 Å². The lowest BCUT2D eigenvalue weighted by Crippen LogP contribution is -2.10. The van der Waals surface area contributed by atoms with Gasteiger partial charge in [0.1, 0.15) is 0 Å². The van der Waals surface area contributed by atoms with E-state index in [0.717, 1.165) is 28.2 Å². The van der Waals surface area contributed by atoms with Gasteiger partial charge in [-0.15, -0.1) is 0 Å². The van der Waals surface area contributed by atoms with Crippen LogP contribution >= 0.6 is 0 Å². The molecule has 0 fully saturated rings. The first-order valence-corrected chi connectivity index (χ1v) is 14.5. The van der Waals surface area contributed by atoms with Gasteiger partial charge in [0.15, 0.2) is 0 Å². The Bertz CT molecular complexity index is 1580. The molecule has 0 aromatic heterocycles. The van der Waals surface area contributed by atoms with Crippen molar-refractivity contribution in [3.8, 4) is 0 Å². The van der Waals surface area contributed by atoms with E-state index in [1.54, 1.807) is 0 Å². The topological polar surface area (TPSA) is 78.1 Å². The zero-order valence-corrected chi connectivity index (χ0v) is 24.5. The Balaban J connectivity index is 1.67. The van der Waals surface area contributed by atoms with Crippen LogP contribution in [0.1, 0.15) is 95.9 Å². The summed E-state index contributed by atoms with van der Waals surface area (Å²) in [6.45, 7) is 8.89. The zero-order chi connectivity index (χ0) is 29.1. The maximum atomic E-state index is 6.78. The first kappa shape index (κ1) is 28.0. The van der Waals surface area contributed by atoms with E-state index in [1.807, 2.05) is 24.3 Å². The van der Waals surface area contributed by atoms with E-state index >= 15 is 0 Å². The molecule has 3 nitrogen and oxygen atoms in total. The predicted molar refractivity (Wildman–Crippen MR) is 176 cm³/mol. The van der Waals surface area contributed by atoms with Crippen molar-refractivity contribution in [2.45, 2.75) is 51.4 Å². The summed E-state index contributed by atoms with van der Waals surface area (Å²) in [5.41, 5.74) is 30.9. The van der Waals surface area contributed by atoms with Crippen LogP contribution in [0, 0.1) is 0 Å². The van der Waals surface area contributed by atoms with Crippen molar-refractivity contribution < 1.29 is 0 Å². The highest BCUT2D eigenvalue weighted by Crippen LogP contribution is 2.40. The van der Waals surface area contributed by atoms with Crippen molar-refractivity contribution in [2.24, 2.45) is 0 Å². The Morgan fingerprint density at radius 2 is 0.683 bits per heavy atom. The molecular formula is C38H41N3. The van der Waals surface area contributed by atoms with E-state index in [1.165, 1.54) is 33.4 Å². The van der Waals surface area contributed by atoms with E-state index in [4.69, 9.17) is 17.2 Å². The summed E-state index contributed by atoms with van der Waals surface area (Å²) in [7, 11) is 0. The molecule has 2 atom stereocenters. The first-order chi connectivity index (χ1) is 19.7. The molecule has 3 heteroatoms. The standard InChI is InChI=1S/C38H41N3/c1-24(2)26-5-9-28(10-6-26)37(29-13-18-33(39)19-14-29)32-17-22-36(41)35(23-32)38(31-15-20-34(40)21-16-31)30-11-7-27(8-12-30)25(3)4/h5-25,37-38H,39-41H2,1-4H3. The van der Waals surface area contributed by atoms with Crippen LogP contribution in [0.3, 0.4) is 0 Å². The van der Waals surface area contributed by atoms with Crippen molar-refractivity contribution >= 4 is 17.1 Å². The van der Waals surface area contributed by atoms with Crippen LogP contribution in [0.25, 0.3) is 0 Å². The van der Waals surface area contributed by atoms with Gasteiger partial charge in [0, 0.05) is 28.9 Å². The number of anilines is 3. The molecule has 2 unspecified atom stereocenters. The van der Waals surface area contributed by atoms with Gasteiger partial charge >= 0.3 is 0 Å². The molecule has 0 saturated carbocycles. The lowest BCUT2D eigenvalue weighted by molar-refractivity contribution is 0.861. The Hall–Kier alpha value is -4.50. The fourth-order valence-electron chi connectivity index (χ4n) is 5.68. The maximum absolute atomic E-state index is 6.78. The van der Waals surface area contributed by atoms with Gasteiger partial charge in [-0.3, -0.25) is 0 Å². The van der Waals surface area contributed by atoms with Gasteiger partial charge < -0.3 is 17.2 Å². The molecule has 5 rings (SSSR count). The predicted octanol–water partition coefficient (Wildman–Crippen LogP) is 9.04. The fraction of sp³-hybridized carbons (Fsp3) is 0.211. The monoisotopic (exact) mass is 539 g/mol. The molecule has 41 heavy (non-hydrogen) atoms. The average Bonchev–Trinajstić information content (AvgIpc) is 2.97.